The van der Waals surface area contributed by atoms with E-state index in [0.717, 1.165) is 26.1 Å². The van der Waals surface area contributed by atoms with E-state index in [9.17, 15) is 5.11 Å². The summed E-state index contributed by atoms with van der Waals surface area (Å²) in [6.07, 6.45) is 3.41. The highest BCUT2D eigenvalue weighted by atomic mass is 16.3. The average Bonchev–Trinajstić information content (AvgIpc) is 2.45. The zero-order valence-corrected chi connectivity index (χ0v) is 12.2. The lowest BCUT2D eigenvalue weighted by molar-refractivity contribution is 0.0353. The highest BCUT2D eigenvalue weighted by Crippen LogP contribution is 2.41. The van der Waals surface area contributed by atoms with Gasteiger partial charge in [-0.1, -0.05) is 13.8 Å². The molecule has 0 saturated heterocycles. The molecule has 0 bridgehead atoms. The Bertz CT molecular complexity index is 228. The SMILES string of the molecule is CN(C)CCCN(C)CC1CCC(C)(C)C1O. The van der Waals surface area contributed by atoms with Crippen molar-refractivity contribution in [1.82, 2.24) is 9.80 Å². The minimum absolute atomic E-state index is 0.120. The van der Waals surface area contributed by atoms with Crippen LogP contribution in [-0.2, 0) is 0 Å². The van der Waals surface area contributed by atoms with Crippen molar-refractivity contribution in [2.75, 3.05) is 40.8 Å². The van der Waals surface area contributed by atoms with Gasteiger partial charge in [0.25, 0.3) is 0 Å². The molecular weight excluding hydrogens is 212 g/mol. The van der Waals surface area contributed by atoms with Crippen molar-refractivity contribution in [3.05, 3.63) is 0 Å². The summed E-state index contributed by atoms with van der Waals surface area (Å²) in [5.41, 5.74) is 0.120. The second-order valence-electron chi connectivity index (χ2n) is 6.65. The lowest BCUT2D eigenvalue weighted by atomic mass is 9.87. The van der Waals surface area contributed by atoms with E-state index in [2.05, 4.69) is 44.8 Å². The molecule has 1 rings (SSSR count). The Hall–Kier alpha value is -0.120. The summed E-state index contributed by atoms with van der Waals surface area (Å²) in [4.78, 5) is 4.60. The fourth-order valence-corrected chi connectivity index (χ4v) is 2.84. The van der Waals surface area contributed by atoms with Crippen LogP contribution >= 0.6 is 0 Å². The third kappa shape index (κ3) is 4.57. The van der Waals surface area contributed by atoms with Gasteiger partial charge in [0.15, 0.2) is 0 Å². The Morgan fingerprint density at radius 3 is 2.29 bits per heavy atom. The van der Waals surface area contributed by atoms with Crippen LogP contribution in [0.25, 0.3) is 0 Å². The van der Waals surface area contributed by atoms with Crippen molar-refractivity contribution in [2.45, 2.75) is 39.2 Å². The predicted molar refractivity (Wildman–Crippen MR) is 73.2 cm³/mol. The van der Waals surface area contributed by atoms with E-state index >= 15 is 0 Å². The van der Waals surface area contributed by atoms with Crippen molar-refractivity contribution in [1.29, 1.82) is 0 Å². The molecule has 0 heterocycles. The largest absolute Gasteiger partial charge is 0.392 e. The van der Waals surface area contributed by atoms with Crippen molar-refractivity contribution in [3.8, 4) is 0 Å². The van der Waals surface area contributed by atoms with Crippen LogP contribution in [0.2, 0.25) is 0 Å². The lowest BCUT2D eigenvalue weighted by Crippen LogP contribution is -2.35. The molecule has 0 aliphatic heterocycles. The molecule has 1 aliphatic carbocycles. The van der Waals surface area contributed by atoms with Gasteiger partial charge < -0.3 is 14.9 Å². The second kappa shape index (κ2) is 6.17. The van der Waals surface area contributed by atoms with E-state index in [0.29, 0.717) is 5.92 Å². The molecule has 2 unspecified atom stereocenters. The van der Waals surface area contributed by atoms with E-state index in [1.165, 1.54) is 12.8 Å². The summed E-state index contributed by atoms with van der Waals surface area (Å²) >= 11 is 0. The number of hydrogen-bond donors (Lipinski definition) is 1. The normalized spacial score (nSPS) is 28.2. The molecule has 0 radical (unpaired) electrons. The van der Waals surface area contributed by atoms with Gasteiger partial charge in [0.1, 0.15) is 0 Å². The standard InChI is InChI=1S/C14H30N2O/c1-14(2)8-7-12(13(14)17)11-16(5)10-6-9-15(3)4/h12-13,17H,6-11H2,1-5H3. The van der Waals surface area contributed by atoms with Crippen LogP contribution in [0.1, 0.15) is 33.1 Å². The Balaban J connectivity index is 2.25. The monoisotopic (exact) mass is 242 g/mol. The minimum Gasteiger partial charge on any atom is -0.392 e. The number of aliphatic hydroxyl groups is 1. The molecule has 1 aliphatic rings. The first-order valence-electron chi connectivity index (χ1n) is 6.84. The maximum absolute atomic E-state index is 10.2. The lowest BCUT2D eigenvalue weighted by Gasteiger charge is -2.28. The van der Waals surface area contributed by atoms with Gasteiger partial charge in [0.2, 0.25) is 0 Å². The van der Waals surface area contributed by atoms with Gasteiger partial charge in [-0.15, -0.1) is 0 Å². The van der Waals surface area contributed by atoms with Gasteiger partial charge in [0.05, 0.1) is 6.10 Å². The van der Waals surface area contributed by atoms with Crippen molar-refractivity contribution < 1.29 is 5.11 Å². The summed E-state index contributed by atoms with van der Waals surface area (Å²) in [7, 11) is 6.40. The summed E-state index contributed by atoms with van der Waals surface area (Å²) in [5, 5.41) is 10.2. The summed E-state index contributed by atoms with van der Waals surface area (Å²) in [6.45, 7) is 7.68. The number of rotatable bonds is 6. The summed E-state index contributed by atoms with van der Waals surface area (Å²) < 4.78 is 0. The smallest absolute Gasteiger partial charge is 0.0631 e. The van der Waals surface area contributed by atoms with Gasteiger partial charge in [-0.05, 0) is 64.8 Å². The van der Waals surface area contributed by atoms with E-state index in [-0.39, 0.29) is 11.5 Å². The predicted octanol–water partition coefficient (Wildman–Crippen LogP) is 1.67. The molecule has 0 aromatic carbocycles. The van der Waals surface area contributed by atoms with Crippen LogP contribution < -0.4 is 0 Å². The molecule has 0 spiro atoms. The second-order valence-corrected chi connectivity index (χ2v) is 6.65. The van der Waals surface area contributed by atoms with Crippen LogP contribution in [0.4, 0.5) is 0 Å². The highest BCUT2D eigenvalue weighted by molar-refractivity contribution is 4.91. The van der Waals surface area contributed by atoms with Crippen LogP contribution in [0.3, 0.4) is 0 Å². The molecule has 3 heteroatoms. The van der Waals surface area contributed by atoms with Gasteiger partial charge in [-0.25, -0.2) is 0 Å². The third-order valence-corrected chi connectivity index (χ3v) is 4.10. The first-order chi connectivity index (χ1) is 7.83. The van der Waals surface area contributed by atoms with Crippen LogP contribution in [0.5, 0.6) is 0 Å². The van der Waals surface area contributed by atoms with E-state index in [1.807, 2.05) is 0 Å². The van der Waals surface area contributed by atoms with Crippen molar-refractivity contribution >= 4 is 0 Å². The molecule has 0 aromatic heterocycles. The first kappa shape index (κ1) is 14.9. The number of nitrogens with zero attached hydrogens (tertiary/aromatic N) is 2. The molecule has 1 N–H and O–H groups in total. The quantitative estimate of drug-likeness (QED) is 0.767. The molecule has 0 aromatic rings. The zero-order valence-electron chi connectivity index (χ0n) is 12.2. The Labute approximate surface area is 107 Å². The van der Waals surface area contributed by atoms with Crippen molar-refractivity contribution in [3.63, 3.8) is 0 Å². The maximum atomic E-state index is 10.2. The van der Waals surface area contributed by atoms with Gasteiger partial charge >= 0.3 is 0 Å². The Morgan fingerprint density at radius 2 is 1.82 bits per heavy atom. The van der Waals surface area contributed by atoms with E-state index in [4.69, 9.17) is 0 Å². The molecule has 1 saturated carbocycles. The van der Waals surface area contributed by atoms with Gasteiger partial charge in [-0.2, -0.15) is 0 Å². The topological polar surface area (TPSA) is 26.7 Å². The molecule has 3 nitrogen and oxygen atoms in total. The van der Waals surface area contributed by atoms with Gasteiger partial charge in [0, 0.05) is 6.54 Å². The van der Waals surface area contributed by atoms with Crippen LogP contribution in [0.15, 0.2) is 0 Å². The fourth-order valence-electron chi connectivity index (χ4n) is 2.84. The fraction of sp³-hybridized carbons (Fsp3) is 1.00. The number of hydrogen-bond acceptors (Lipinski definition) is 3. The summed E-state index contributed by atoms with van der Waals surface area (Å²) in [6, 6.07) is 0. The van der Waals surface area contributed by atoms with Crippen LogP contribution in [-0.4, -0.2) is 61.8 Å². The molecule has 2 atom stereocenters. The number of aliphatic hydroxyl groups excluding tert-OH is 1. The summed E-state index contributed by atoms with van der Waals surface area (Å²) in [5.74, 6) is 0.467. The van der Waals surface area contributed by atoms with Crippen LogP contribution in [0, 0.1) is 11.3 Å². The molecular formula is C14H30N2O. The van der Waals surface area contributed by atoms with Crippen molar-refractivity contribution in [2.24, 2.45) is 11.3 Å². The Kier molecular flexibility index (Phi) is 5.42. The third-order valence-electron chi connectivity index (χ3n) is 4.10. The first-order valence-corrected chi connectivity index (χ1v) is 6.84. The Morgan fingerprint density at radius 1 is 1.18 bits per heavy atom. The zero-order chi connectivity index (χ0) is 13.1. The van der Waals surface area contributed by atoms with Gasteiger partial charge in [-0.3, -0.25) is 0 Å². The van der Waals surface area contributed by atoms with E-state index in [1.54, 1.807) is 0 Å². The average molecular weight is 242 g/mol. The maximum Gasteiger partial charge on any atom is 0.0631 e. The molecule has 17 heavy (non-hydrogen) atoms. The van der Waals surface area contributed by atoms with E-state index < -0.39 is 0 Å². The minimum atomic E-state index is -0.126. The molecule has 0 amide bonds. The molecule has 102 valence electrons. The molecule has 1 fully saturated rings. The highest BCUT2D eigenvalue weighted by Gasteiger charge is 2.40.